The van der Waals surface area contributed by atoms with Crippen molar-refractivity contribution in [2.45, 2.75) is 45.8 Å². The standard InChI is InChI=1S/C16H21N5OS/c1-10-8-17-21(9-10)13(4)11(2)18-12(3)15-19-20-16(22-15)14-6-5-7-23-14/h5-9,11-13,18H,1-4H3/t11-,12-,13-/m1/s1. The van der Waals surface area contributed by atoms with Gasteiger partial charge in [0.1, 0.15) is 0 Å². The quantitative estimate of drug-likeness (QED) is 0.747. The van der Waals surface area contributed by atoms with Crippen LogP contribution in [-0.2, 0) is 0 Å². The lowest BCUT2D eigenvalue weighted by Gasteiger charge is -2.24. The SMILES string of the molecule is Cc1cnn([C@H](C)[C@@H](C)N[C@H](C)c2nnc(-c3cccs3)o2)c1. The van der Waals surface area contributed by atoms with Crippen molar-refractivity contribution in [3.05, 3.63) is 41.4 Å². The van der Waals surface area contributed by atoms with Crippen LogP contribution in [0.15, 0.2) is 34.3 Å². The molecule has 0 radical (unpaired) electrons. The molecule has 0 saturated heterocycles. The summed E-state index contributed by atoms with van der Waals surface area (Å²) in [4.78, 5) is 0.990. The third kappa shape index (κ3) is 3.51. The van der Waals surface area contributed by atoms with Crippen LogP contribution in [0.25, 0.3) is 10.8 Å². The minimum absolute atomic E-state index is 0.0229. The Morgan fingerprint density at radius 1 is 1.26 bits per heavy atom. The first kappa shape index (κ1) is 15.9. The van der Waals surface area contributed by atoms with Gasteiger partial charge in [-0.05, 0) is 44.7 Å². The molecule has 7 heteroatoms. The normalized spacial score (nSPS) is 15.5. The van der Waals surface area contributed by atoms with Crippen molar-refractivity contribution in [3.63, 3.8) is 0 Å². The molecule has 3 atom stereocenters. The van der Waals surface area contributed by atoms with E-state index in [1.807, 2.05) is 42.2 Å². The van der Waals surface area contributed by atoms with Crippen molar-refractivity contribution < 1.29 is 4.42 Å². The molecule has 0 bridgehead atoms. The lowest BCUT2D eigenvalue weighted by atomic mass is 10.1. The summed E-state index contributed by atoms with van der Waals surface area (Å²) in [5.41, 5.74) is 1.16. The minimum Gasteiger partial charge on any atom is -0.418 e. The monoisotopic (exact) mass is 331 g/mol. The van der Waals surface area contributed by atoms with Gasteiger partial charge in [-0.25, -0.2) is 0 Å². The number of nitrogens with zero attached hydrogens (tertiary/aromatic N) is 4. The van der Waals surface area contributed by atoms with Crippen molar-refractivity contribution >= 4 is 11.3 Å². The van der Waals surface area contributed by atoms with Crippen LogP contribution >= 0.6 is 11.3 Å². The van der Waals surface area contributed by atoms with Gasteiger partial charge in [-0.2, -0.15) is 5.10 Å². The van der Waals surface area contributed by atoms with Gasteiger partial charge in [-0.3, -0.25) is 4.68 Å². The summed E-state index contributed by atoms with van der Waals surface area (Å²) in [5.74, 6) is 1.18. The van der Waals surface area contributed by atoms with E-state index in [0.717, 1.165) is 10.4 Å². The van der Waals surface area contributed by atoms with E-state index >= 15 is 0 Å². The summed E-state index contributed by atoms with van der Waals surface area (Å²) in [5, 5.41) is 18.2. The lowest BCUT2D eigenvalue weighted by Crippen LogP contribution is -2.35. The van der Waals surface area contributed by atoms with E-state index in [2.05, 4.69) is 40.7 Å². The van der Waals surface area contributed by atoms with Crippen LogP contribution in [0.4, 0.5) is 0 Å². The Morgan fingerprint density at radius 3 is 2.74 bits per heavy atom. The highest BCUT2D eigenvalue weighted by Gasteiger charge is 2.21. The van der Waals surface area contributed by atoms with Crippen LogP contribution in [0.5, 0.6) is 0 Å². The Morgan fingerprint density at radius 2 is 2.09 bits per heavy atom. The Labute approximate surface area is 139 Å². The van der Waals surface area contributed by atoms with Crippen molar-refractivity contribution in [1.29, 1.82) is 0 Å². The summed E-state index contributed by atoms with van der Waals surface area (Å²) < 4.78 is 7.76. The number of nitrogens with one attached hydrogen (secondary N) is 1. The maximum absolute atomic E-state index is 5.78. The number of rotatable bonds is 6. The van der Waals surface area contributed by atoms with Gasteiger partial charge in [0.15, 0.2) is 0 Å². The fraction of sp³-hybridized carbons (Fsp3) is 0.438. The average molecular weight is 331 g/mol. The third-order valence-electron chi connectivity index (χ3n) is 3.93. The molecule has 6 nitrogen and oxygen atoms in total. The second kappa shape index (κ2) is 6.64. The molecule has 3 aromatic rings. The molecule has 1 N–H and O–H groups in total. The van der Waals surface area contributed by atoms with Gasteiger partial charge < -0.3 is 9.73 Å². The first-order valence-electron chi connectivity index (χ1n) is 7.68. The molecule has 3 aromatic heterocycles. The topological polar surface area (TPSA) is 68.8 Å². The van der Waals surface area contributed by atoms with E-state index in [4.69, 9.17) is 4.42 Å². The fourth-order valence-electron chi connectivity index (χ4n) is 2.40. The van der Waals surface area contributed by atoms with Gasteiger partial charge in [-0.15, -0.1) is 21.5 Å². The van der Waals surface area contributed by atoms with Gasteiger partial charge in [-0.1, -0.05) is 6.07 Å². The van der Waals surface area contributed by atoms with Gasteiger partial charge in [0.05, 0.1) is 23.2 Å². The molecule has 0 aliphatic carbocycles. The number of hydrogen-bond acceptors (Lipinski definition) is 6. The molecule has 3 heterocycles. The van der Waals surface area contributed by atoms with E-state index in [1.165, 1.54) is 0 Å². The molecule has 0 aliphatic heterocycles. The summed E-state index contributed by atoms with van der Waals surface area (Å²) in [6.07, 6.45) is 3.92. The number of hydrogen-bond donors (Lipinski definition) is 1. The first-order chi connectivity index (χ1) is 11.0. The van der Waals surface area contributed by atoms with Crippen molar-refractivity contribution in [2.24, 2.45) is 0 Å². The predicted octanol–water partition coefficient (Wildman–Crippen LogP) is 3.60. The molecule has 23 heavy (non-hydrogen) atoms. The van der Waals surface area contributed by atoms with Crippen LogP contribution in [0.2, 0.25) is 0 Å². The Hall–Kier alpha value is -1.99. The molecule has 122 valence electrons. The van der Waals surface area contributed by atoms with E-state index in [0.29, 0.717) is 11.8 Å². The highest BCUT2D eigenvalue weighted by Crippen LogP contribution is 2.25. The summed E-state index contributed by atoms with van der Waals surface area (Å²) in [6.45, 7) is 8.35. The molecule has 0 saturated carbocycles. The van der Waals surface area contributed by atoms with Gasteiger partial charge in [0, 0.05) is 12.2 Å². The minimum atomic E-state index is -0.0229. The smallest absolute Gasteiger partial charge is 0.257 e. The molecule has 0 unspecified atom stereocenters. The van der Waals surface area contributed by atoms with Crippen LogP contribution in [0.1, 0.15) is 44.3 Å². The molecular formula is C16H21N5OS. The maximum Gasteiger partial charge on any atom is 0.257 e. The fourth-order valence-corrected chi connectivity index (χ4v) is 3.04. The van der Waals surface area contributed by atoms with Crippen LogP contribution < -0.4 is 5.32 Å². The molecule has 0 spiro atoms. The van der Waals surface area contributed by atoms with Gasteiger partial charge in [0.2, 0.25) is 5.89 Å². The van der Waals surface area contributed by atoms with Crippen LogP contribution in [0, 0.1) is 6.92 Å². The zero-order chi connectivity index (χ0) is 16.4. The lowest BCUT2D eigenvalue weighted by molar-refractivity contribution is 0.317. The number of aromatic nitrogens is 4. The molecule has 0 aliphatic rings. The highest BCUT2D eigenvalue weighted by atomic mass is 32.1. The highest BCUT2D eigenvalue weighted by molar-refractivity contribution is 7.13. The Kier molecular flexibility index (Phi) is 4.58. The van der Waals surface area contributed by atoms with E-state index < -0.39 is 0 Å². The van der Waals surface area contributed by atoms with E-state index in [1.54, 1.807) is 11.3 Å². The van der Waals surface area contributed by atoms with Crippen LogP contribution in [0.3, 0.4) is 0 Å². The maximum atomic E-state index is 5.78. The molecule has 0 fully saturated rings. The Balaban J connectivity index is 1.65. The van der Waals surface area contributed by atoms with Crippen molar-refractivity contribution in [3.8, 4) is 10.8 Å². The number of thiophene rings is 1. The van der Waals surface area contributed by atoms with E-state index in [-0.39, 0.29) is 18.1 Å². The summed E-state index contributed by atoms with van der Waals surface area (Å²) >= 11 is 1.59. The summed E-state index contributed by atoms with van der Waals surface area (Å²) in [6, 6.07) is 4.36. The van der Waals surface area contributed by atoms with Gasteiger partial charge >= 0.3 is 0 Å². The molecule has 0 amide bonds. The first-order valence-corrected chi connectivity index (χ1v) is 8.56. The third-order valence-corrected chi connectivity index (χ3v) is 4.79. The van der Waals surface area contributed by atoms with Crippen LogP contribution in [-0.4, -0.2) is 26.0 Å². The van der Waals surface area contributed by atoms with Gasteiger partial charge in [0.25, 0.3) is 5.89 Å². The number of aryl methyl sites for hydroxylation is 1. The second-order valence-corrected chi connectivity index (χ2v) is 6.79. The largest absolute Gasteiger partial charge is 0.418 e. The Bertz CT molecular complexity index is 748. The second-order valence-electron chi connectivity index (χ2n) is 5.84. The molecular weight excluding hydrogens is 310 g/mol. The zero-order valence-electron chi connectivity index (χ0n) is 13.7. The van der Waals surface area contributed by atoms with E-state index in [9.17, 15) is 0 Å². The van der Waals surface area contributed by atoms with Crippen molar-refractivity contribution in [2.75, 3.05) is 0 Å². The predicted molar refractivity (Wildman–Crippen MR) is 90.3 cm³/mol. The van der Waals surface area contributed by atoms with Crippen molar-refractivity contribution in [1.82, 2.24) is 25.3 Å². The molecule has 3 rings (SSSR count). The molecule has 0 aromatic carbocycles. The average Bonchev–Trinajstić information content (AvgIpc) is 3.26. The summed E-state index contributed by atoms with van der Waals surface area (Å²) in [7, 11) is 0. The zero-order valence-corrected chi connectivity index (χ0v) is 14.5.